The third-order valence-electron chi connectivity index (χ3n) is 2.25. The fourth-order valence-corrected chi connectivity index (χ4v) is 2.72. The molecule has 100 valence electrons. The highest BCUT2D eigenvalue weighted by Gasteiger charge is 2.20. The number of nitrogen functional groups attached to an aromatic ring is 1. The number of hydrogen-bond acceptors (Lipinski definition) is 6. The molecule has 0 atom stereocenters. The normalized spacial score (nSPS) is 11.0. The van der Waals surface area contributed by atoms with Crippen molar-refractivity contribution < 1.29 is 22.7 Å². The maximum Gasteiger partial charge on any atom is 0.320 e. The Kier molecular flexibility index (Phi) is 4.55. The SMILES string of the molecule is COC(=O)CS(=O)(=O)Cc1cc(N)ccc1OC. The Bertz CT molecular complexity index is 538. The molecule has 2 N–H and O–H groups in total. The fourth-order valence-electron chi connectivity index (χ4n) is 1.44. The first-order chi connectivity index (χ1) is 8.38. The van der Waals surface area contributed by atoms with Crippen LogP contribution in [-0.4, -0.2) is 34.4 Å². The van der Waals surface area contributed by atoms with Gasteiger partial charge in [-0.2, -0.15) is 0 Å². The lowest BCUT2D eigenvalue weighted by molar-refractivity contribution is -0.137. The summed E-state index contributed by atoms with van der Waals surface area (Å²) in [5, 5.41) is 0. The van der Waals surface area contributed by atoms with Crippen molar-refractivity contribution in [3.05, 3.63) is 23.8 Å². The third kappa shape index (κ3) is 3.92. The van der Waals surface area contributed by atoms with Crippen molar-refractivity contribution in [2.45, 2.75) is 5.75 Å². The van der Waals surface area contributed by atoms with Gasteiger partial charge in [0.25, 0.3) is 0 Å². The zero-order valence-electron chi connectivity index (χ0n) is 10.2. The van der Waals surface area contributed by atoms with Crippen LogP contribution in [-0.2, 0) is 25.1 Å². The fraction of sp³-hybridized carbons (Fsp3) is 0.364. The molecule has 0 aliphatic rings. The van der Waals surface area contributed by atoms with Crippen LogP contribution in [0.1, 0.15) is 5.56 Å². The van der Waals surface area contributed by atoms with Gasteiger partial charge in [0.1, 0.15) is 11.5 Å². The molecule has 1 rings (SSSR count). The predicted molar refractivity (Wildman–Crippen MR) is 66.9 cm³/mol. The summed E-state index contributed by atoms with van der Waals surface area (Å²) in [6.07, 6.45) is 0. The summed E-state index contributed by atoms with van der Waals surface area (Å²) in [6.45, 7) is 0. The second-order valence-electron chi connectivity index (χ2n) is 3.68. The maximum absolute atomic E-state index is 11.8. The molecule has 0 radical (unpaired) electrons. The Labute approximate surface area is 106 Å². The van der Waals surface area contributed by atoms with Gasteiger partial charge >= 0.3 is 5.97 Å². The van der Waals surface area contributed by atoms with Crippen LogP contribution >= 0.6 is 0 Å². The van der Waals surface area contributed by atoms with Gasteiger partial charge in [-0.05, 0) is 18.2 Å². The zero-order valence-corrected chi connectivity index (χ0v) is 11.0. The quantitative estimate of drug-likeness (QED) is 0.615. The molecule has 0 heterocycles. The minimum atomic E-state index is -3.61. The van der Waals surface area contributed by atoms with Crippen LogP contribution in [0.2, 0.25) is 0 Å². The van der Waals surface area contributed by atoms with Crippen molar-refractivity contribution in [2.24, 2.45) is 0 Å². The van der Waals surface area contributed by atoms with E-state index in [1.807, 2.05) is 0 Å². The van der Waals surface area contributed by atoms with Gasteiger partial charge in [-0.25, -0.2) is 8.42 Å². The first-order valence-electron chi connectivity index (χ1n) is 5.07. The lowest BCUT2D eigenvalue weighted by Crippen LogP contribution is -2.19. The second kappa shape index (κ2) is 5.72. The first-order valence-corrected chi connectivity index (χ1v) is 6.89. The Morgan fingerprint density at radius 2 is 2.00 bits per heavy atom. The van der Waals surface area contributed by atoms with Crippen LogP contribution in [0.3, 0.4) is 0 Å². The molecular formula is C11H15NO5S. The van der Waals surface area contributed by atoms with Gasteiger partial charge in [0.15, 0.2) is 9.84 Å². The molecule has 0 fully saturated rings. The number of nitrogens with two attached hydrogens (primary N) is 1. The number of anilines is 1. The second-order valence-corrected chi connectivity index (χ2v) is 5.74. The van der Waals surface area contributed by atoms with Gasteiger partial charge in [-0.1, -0.05) is 0 Å². The van der Waals surface area contributed by atoms with Gasteiger partial charge in [0.05, 0.1) is 20.0 Å². The first kappa shape index (κ1) is 14.3. The van der Waals surface area contributed by atoms with E-state index in [-0.39, 0.29) is 5.75 Å². The molecule has 0 aromatic heterocycles. The van der Waals surface area contributed by atoms with Crippen molar-refractivity contribution in [3.63, 3.8) is 0 Å². The molecule has 7 heteroatoms. The lowest BCUT2D eigenvalue weighted by atomic mass is 10.2. The molecule has 0 aliphatic carbocycles. The molecule has 0 saturated carbocycles. The number of benzene rings is 1. The van der Waals surface area contributed by atoms with E-state index in [2.05, 4.69) is 4.74 Å². The van der Waals surface area contributed by atoms with E-state index < -0.39 is 21.6 Å². The van der Waals surface area contributed by atoms with Crippen molar-refractivity contribution in [2.75, 3.05) is 25.7 Å². The molecule has 1 aromatic rings. The topological polar surface area (TPSA) is 95.7 Å². The molecule has 0 spiro atoms. The maximum atomic E-state index is 11.8. The number of carbonyl (C=O) groups excluding carboxylic acids is 1. The van der Waals surface area contributed by atoms with E-state index in [4.69, 9.17) is 10.5 Å². The summed E-state index contributed by atoms with van der Waals surface area (Å²) in [5.74, 6) is -1.37. The predicted octanol–water partition coefficient (Wildman–Crippen LogP) is 0.365. The molecule has 0 aliphatic heterocycles. The molecule has 6 nitrogen and oxygen atoms in total. The highest BCUT2D eigenvalue weighted by atomic mass is 32.2. The monoisotopic (exact) mass is 273 g/mol. The Hall–Kier alpha value is -1.76. The average molecular weight is 273 g/mol. The third-order valence-corrected chi connectivity index (χ3v) is 3.67. The van der Waals surface area contributed by atoms with Gasteiger partial charge in [0.2, 0.25) is 0 Å². The lowest BCUT2D eigenvalue weighted by Gasteiger charge is -2.09. The summed E-state index contributed by atoms with van der Waals surface area (Å²) in [6, 6.07) is 4.70. The van der Waals surface area contributed by atoms with Crippen molar-refractivity contribution in [1.29, 1.82) is 0 Å². The number of methoxy groups -OCH3 is 2. The molecule has 18 heavy (non-hydrogen) atoms. The Morgan fingerprint density at radius 1 is 1.33 bits per heavy atom. The average Bonchev–Trinajstić information content (AvgIpc) is 2.28. The van der Waals surface area contributed by atoms with Gasteiger partial charge in [0, 0.05) is 11.3 Å². The summed E-state index contributed by atoms with van der Waals surface area (Å²) in [7, 11) is -1.04. The van der Waals surface area contributed by atoms with Crippen molar-refractivity contribution in [3.8, 4) is 5.75 Å². The Morgan fingerprint density at radius 3 is 2.56 bits per heavy atom. The van der Waals surface area contributed by atoms with Crippen molar-refractivity contribution >= 4 is 21.5 Å². The smallest absolute Gasteiger partial charge is 0.320 e. The van der Waals surface area contributed by atoms with Crippen LogP contribution < -0.4 is 10.5 Å². The zero-order chi connectivity index (χ0) is 13.8. The van der Waals surface area contributed by atoms with Crippen LogP contribution in [0.4, 0.5) is 5.69 Å². The largest absolute Gasteiger partial charge is 0.496 e. The standard InChI is InChI=1S/C11H15NO5S/c1-16-10-4-3-9(12)5-8(10)6-18(14,15)7-11(13)17-2/h3-5H,6-7,12H2,1-2H3. The van der Waals surface area contributed by atoms with E-state index in [9.17, 15) is 13.2 Å². The summed E-state index contributed by atoms with van der Waals surface area (Å²) in [4.78, 5) is 11.0. The van der Waals surface area contributed by atoms with Crippen LogP contribution in [0.15, 0.2) is 18.2 Å². The van der Waals surface area contributed by atoms with Gasteiger partial charge < -0.3 is 15.2 Å². The van der Waals surface area contributed by atoms with Crippen molar-refractivity contribution in [1.82, 2.24) is 0 Å². The molecular weight excluding hydrogens is 258 g/mol. The number of hydrogen-bond donors (Lipinski definition) is 1. The summed E-state index contributed by atoms with van der Waals surface area (Å²) in [5.41, 5.74) is 6.43. The molecule has 0 unspecified atom stereocenters. The number of esters is 1. The molecule has 0 saturated heterocycles. The van der Waals surface area contributed by atoms with E-state index in [0.29, 0.717) is 17.0 Å². The number of carbonyl (C=O) groups is 1. The van der Waals surface area contributed by atoms with Crippen LogP contribution in [0.25, 0.3) is 0 Å². The van der Waals surface area contributed by atoms with Gasteiger partial charge in [-0.3, -0.25) is 4.79 Å². The number of ether oxygens (including phenoxy) is 2. The number of sulfone groups is 1. The molecule has 1 aromatic carbocycles. The van der Waals surface area contributed by atoms with E-state index in [1.54, 1.807) is 12.1 Å². The minimum absolute atomic E-state index is 0.323. The highest BCUT2D eigenvalue weighted by molar-refractivity contribution is 7.91. The van der Waals surface area contributed by atoms with Gasteiger partial charge in [-0.15, -0.1) is 0 Å². The van der Waals surface area contributed by atoms with Crippen LogP contribution in [0, 0.1) is 0 Å². The minimum Gasteiger partial charge on any atom is -0.496 e. The number of rotatable bonds is 5. The molecule has 0 bridgehead atoms. The highest BCUT2D eigenvalue weighted by Crippen LogP contribution is 2.23. The Balaban J connectivity index is 2.96. The van der Waals surface area contributed by atoms with E-state index in [0.717, 1.165) is 7.11 Å². The summed E-state index contributed by atoms with van der Waals surface area (Å²) < 4.78 is 32.9. The molecule has 0 amide bonds. The summed E-state index contributed by atoms with van der Waals surface area (Å²) >= 11 is 0. The van der Waals surface area contributed by atoms with E-state index in [1.165, 1.54) is 13.2 Å². The van der Waals surface area contributed by atoms with Crippen LogP contribution in [0.5, 0.6) is 5.75 Å². The van der Waals surface area contributed by atoms with E-state index >= 15 is 0 Å².